The Kier molecular flexibility index (Phi) is 5.73. The molecule has 1 aromatic carbocycles. The third-order valence-corrected chi connectivity index (χ3v) is 5.89. The smallest absolute Gasteiger partial charge is 0.199 e. The van der Waals surface area contributed by atoms with Crippen LogP contribution < -0.4 is 9.47 Å². The molecule has 0 bridgehead atoms. The summed E-state index contributed by atoms with van der Waals surface area (Å²) in [6.45, 7) is 4.39. The quantitative estimate of drug-likeness (QED) is 0.531. The van der Waals surface area contributed by atoms with Crippen LogP contribution in [0.5, 0.6) is 11.5 Å². The van der Waals surface area contributed by atoms with Crippen molar-refractivity contribution in [2.24, 2.45) is 0 Å². The lowest BCUT2D eigenvalue weighted by Gasteiger charge is -2.26. The summed E-state index contributed by atoms with van der Waals surface area (Å²) in [5.74, 6) is 3.20. The van der Waals surface area contributed by atoms with E-state index in [1.165, 1.54) is 0 Å². The van der Waals surface area contributed by atoms with E-state index in [2.05, 4.69) is 17.9 Å². The normalized spacial score (nSPS) is 17.0. The fourth-order valence-corrected chi connectivity index (χ4v) is 4.34. The molecule has 0 spiro atoms. The Balaban J connectivity index is 1.66. The molecule has 1 aliphatic heterocycles. The first-order valence-electron chi connectivity index (χ1n) is 9.83. The summed E-state index contributed by atoms with van der Waals surface area (Å²) in [6, 6.07) is 9.96. The predicted octanol–water partition coefficient (Wildman–Crippen LogP) is 4.51. The first kappa shape index (κ1) is 19.7. The molecule has 0 amide bonds. The molecule has 3 aromatic rings. The van der Waals surface area contributed by atoms with Gasteiger partial charge in [-0.15, -0.1) is 5.10 Å². The number of hydrogen-bond acceptors (Lipinski definition) is 6. The lowest BCUT2D eigenvalue weighted by atomic mass is 10.0. The Bertz CT molecular complexity index is 1030. The van der Waals surface area contributed by atoms with Crippen LogP contribution in [0.15, 0.2) is 41.0 Å². The summed E-state index contributed by atoms with van der Waals surface area (Å²) in [5, 5.41) is 4.78. The SMILES string of the molecule is CCn1c(-c2ccco2)nn(CN2CCCC2c2cc(OC)ccc2OC)c1=S. The van der Waals surface area contributed by atoms with Crippen LogP contribution >= 0.6 is 12.2 Å². The maximum Gasteiger partial charge on any atom is 0.199 e. The Morgan fingerprint density at radius 1 is 1.24 bits per heavy atom. The maximum absolute atomic E-state index is 5.71. The van der Waals surface area contributed by atoms with Crippen molar-refractivity contribution in [3.8, 4) is 23.1 Å². The molecule has 29 heavy (non-hydrogen) atoms. The molecule has 1 unspecified atom stereocenters. The van der Waals surface area contributed by atoms with Crippen molar-refractivity contribution in [2.45, 2.75) is 39.0 Å². The summed E-state index contributed by atoms with van der Waals surface area (Å²) in [7, 11) is 3.39. The third-order valence-electron chi connectivity index (χ3n) is 5.46. The van der Waals surface area contributed by atoms with Gasteiger partial charge in [0, 0.05) is 24.7 Å². The number of furan rings is 1. The lowest BCUT2D eigenvalue weighted by Crippen LogP contribution is -2.27. The van der Waals surface area contributed by atoms with Gasteiger partial charge < -0.3 is 13.9 Å². The molecular formula is C21H26N4O3S. The largest absolute Gasteiger partial charge is 0.497 e. The standard InChI is InChI=1S/C21H26N4O3S/c1-4-24-20(19-8-6-12-28-19)22-25(21(24)29)14-23-11-5-7-17(23)16-13-15(26-2)9-10-18(16)27-3/h6,8-10,12-13,17H,4-5,7,11,14H2,1-3H3. The minimum atomic E-state index is 0.223. The van der Waals surface area contributed by atoms with Crippen molar-refractivity contribution in [2.75, 3.05) is 20.8 Å². The van der Waals surface area contributed by atoms with E-state index in [1.54, 1.807) is 20.5 Å². The van der Waals surface area contributed by atoms with Crippen molar-refractivity contribution in [3.05, 3.63) is 46.9 Å². The summed E-state index contributed by atoms with van der Waals surface area (Å²) < 4.78 is 21.2. The topological polar surface area (TPSA) is 57.6 Å². The number of benzene rings is 1. The van der Waals surface area contributed by atoms with Gasteiger partial charge in [-0.05, 0) is 62.3 Å². The summed E-state index contributed by atoms with van der Waals surface area (Å²) in [5.41, 5.74) is 1.14. The Labute approximate surface area is 175 Å². The number of methoxy groups -OCH3 is 2. The summed E-state index contributed by atoms with van der Waals surface area (Å²) in [4.78, 5) is 2.39. The molecule has 1 atom stereocenters. The molecule has 1 aliphatic rings. The molecule has 8 heteroatoms. The van der Waals surface area contributed by atoms with Crippen molar-refractivity contribution in [3.63, 3.8) is 0 Å². The second kappa shape index (κ2) is 8.42. The third kappa shape index (κ3) is 3.70. The van der Waals surface area contributed by atoms with Crippen LogP contribution in [-0.4, -0.2) is 40.0 Å². The van der Waals surface area contributed by atoms with E-state index in [-0.39, 0.29) is 6.04 Å². The molecule has 154 valence electrons. The number of ether oxygens (including phenoxy) is 2. The van der Waals surface area contributed by atoms with Crippen LogP contribution in [0.2, 0.25) is 0 Å². The first-order chi connectivity index (χ1) is 14.2. The molecule has 0 aliphatic carbocycles. The van der Waals surface area contributed by atoms with Gasteiger partial charge in [0.15, 0.2) is 16.4 Å². The minimum Gasteiger partial charge on any atom is -0.497 e. The van der Waals surface area contributed by atoms with Crippen LogP contribution in [0.4, 0.5) is 0 Å². The van der Waals surface area contributed by atoms with Crippen molar-refractivity contribution in [1.29, 1.82) is 0 Å². The number of hydrogen-bond donors (Lipinski definition) is 0. The average Bonchev–Trinajstić information content (AvgIpc) is 3.49. The number of nitrogens with zero attached hydrogens (tertiary/aromatic N) is 4. The molecular weight excluding hydrogens is 388 g/mol. The molecule has 0 N–H and O–H groups in total. The van der Waals surface area contributed by atoms with Crippen LogP contribution in [0.1, 0.15) is 31.4 Å². The van der Waals surface area contributed by atoms with Crippen LogP contribution in [0.25, 0.3) is 11.6 Å². The van der Waals surface area contributed by atoms with Gasteiger partial charge in [-0.2, -0.15) is 0 Å². The van der Waals surface area contributed by atoms with Gasteiger partial charge in [0.25, 0.3) is 0 Å². The van der Waals surface area contributed by atoms with E-state index in [0.29, 0.717) is 11.4 Å². The maximum atomic E-state index is 5.71. The first-order valence-corrected chi connectivity index (χ1v) is 10.2. The van der Waals surface area contributed by atoms with Gasteiger partial charge in [0.2, 0.25) is 0 Å². The highest BCUT2D eigenvalue weighted by Crippen LogP contribution is 2.39. The van der Waals surface area contributed by atoms with Gasteiger partial charge in [0.05, 0.1) is 27.2 Å². The number of likely N-dealkylation sites (tertiary alicyclic amines) is 1. The van der Waals surface area contributed by atoms with Gasteiger partial charge in [-0.3, -0.25) is 9.47 Å². The zero-order valence-electron chi connectivity index (χ0n) is 17.0. The van der Waals surface area contributed by atoms with E-state index in [0.717, 1.165) is 54.6 Å². The highest BCUT2D eigenvalue weighted by Gasteiger charge is 2.30. The van der Waals surface area contributed by atoms with Crippen LogP contribution in [-0.2, 0) is 13.2 Å². The van der Waals surface area contributed by atoms with E-state index < -0.39 is 0 Å². The second-order valence-corrected chi connectivity index (χ2v) is 7.41. The number of rotatable bonds is 7. The van der Waals surface area contributed by atoms with Gasteiger partial charge >= 0.3 is 0 Å². The highest BCUT2D eigenvalue weighted by molar-refractivity contribution is 7.71. The van der Waals surface area contributed by atoms with Crippen LogP contribution in [0, 0.1) is 4.77 Å². The van der Waals surface area contributed by atoms with Gasteiger partial charge in [-0.25, -0.2) is 4.68 Å². The molecule has 1 fully saturated rings. The fourth-order valence-electron chi connectivity index (χ4n) is 4.03. The Morgan fingerprint density at radius 2 is 2.10 bits per heavy atom. The molecule has 2 aromatic heterocycles. The van der Waals surface area contributed by atoms with E-state index >= 15 is 0 Å². The molecule has 1 saturated heterocycles. The van der Waals surface area contributed by atoms with E-state index in [1.807, 2.05) is 33.5 Å². The second-order valence-electron chi connectivity index (χ2n) is 7.05. The Hall–Kier alpha value is -2.58. The zero-order chi connectivity index (χ0) is 20.4. The summed E-state index contributed by atoms with van der Waals surface area (Å²) in [6.07, 6.45) is 3.82. The van der Waals surface area contributed by atoms with Crippen LogP contribution in [0.3, 0.4) is 0 Å². The van der Waals surface area contributed by atoms with Crippen molar-refractivity contribution >= 4 is 12.2 Å². The highest BCUT2D eigenvalue weighted by atomic mass is 32.1. The molecule has 0 saturated carbocycles. The van der Waals surface area contributed by atoms with Gasteiger partial charge in [-0.1, -0.05) is 0 Å². The fraction of sp³-hybridized carbons (Fsp3) is 0.429. The lowest BCUT2D eigenvalue weighted by molar-refractivity contribution is 0.186. The predicted molar refractivity (Wildman–Crippen MR) is 113 cm³/mol. The monoisotopic (exact) mass is 414 g/mol. The van der Waals surface area contributed by atoms with Crippen molar-refractivity contribution in [1.82, 2.24) is 19.2 Å². The molecule has 4 rings (SSSR count). The number of aromatic nitrogens is 3. The van der Waals surface area contributed by atoms with Gasteiger partial charge in [0.1, 0.15) is 11.5 Å². The molecule has 0 radical (unpaired) electrons. The Morgan fingerprint density at radius 3 is 2.79 bits per heavy atom. The average molecular weight is 415 g/mol. The minimum absolute atomic E-state index is 0.223. The van der Waals surface area contributed by atoms with E-state index in [9.17, 15) is 0 Å². The van der Waals surface area contributed by atoms with Crippen molar-refractivity contribution < 1.29 is 13.9 Å². The summed E-state index contributed by atoms with van der Waals surface area (Å²) >= 11 is 5.71. The molecule has 3 heterocycles. The zero-order valence-corrected chi connectivity index (χ0v) is 17.8. The molecule has 7 nitrogen and oxygen atoms in total. The van der Waals surface area contributed by atoms with E-state index in [4.69, 9.17) is 31.2 Å².